The lowest BCUT2D eigenvalue weighted by molar-refractivity contribution is 0.108. The number of ether oxygens (including phenoxy) is 2. The predicted molar refractivity (Wildman–Crippen MR) is 66.0 cm³/mol. The minimum Gasteiger partial charge on any atom is -0.474 e. The molecule has 0 aliphatic carbocycles. The van der Waals surface area contributed by atoms with Gasteiger partial charge in [-0.2, -0.15) is 0 Å². The van der Waals surface area contributed by atoms with Crippen molar-refractivity contribution < 1.29 is 9.47 Å². The van der Waals surface area contributed by atoms with Gasteiger partial charge in [-0.3, -0.25) is 4.98 Å². The van der Waals surface area contributed by atoms with E-state index in [0.717, 1.165) is 25.2 Å². The zero-order valence-corrected chi connectivity index (χ0v) is 10.6. The topological polar surface area (TPSA) is 56.3 Å². The summed E-state index contributed by atoms with van der Waals surface area (Å²) in [6, 6.07) is 0. The van der Waals surface area contributed by atoms with Crippen molar-refractivity contribution in [1.29, 1.82) is 0 Å². The van der Waals surface area contributed by atoms with Crippen molar-refractivity contribution in [3.05, 3.63) is 18.1 Å². The van der Waals surface area contributed by atoms with Crippen LogP contribution in [0.5, 0.6) is 5.88 Å². The van der Waals surface area contributed by atoms with Gasteiger partial charge in [-0.05, 0) is 19.9 Å². The van der Waals surface area contributed by atoms with Gasteiger partial charge in [0.1, 0.15) is 6.61 Å². The molecule has 1 aromatic heterocycles. The van der Waals surface area contributed by atoms with Gasteiger partial charge in [-0.25, -0.2) is 4.98 Å². The zero-order chi connectivity index (χ0) is 12.3. The van der Waals surface area contributed by atoms with Crippen LogP contribution in [-0.2, 0) is 11.3 Å². The van der Waals surface area contributed by atoms with E-state index in [2.05, 4.69) is 22.2 Å². The first-order valence-electron chi connectivity index (χ1n) is 6.09. The molecular weight excluding hydrogens is 218 g/mol. The maximum atomic E-state index is 5.43. The largest absolute Gasteiger partial charge is 0.474 e. The summed E-state index contributed by atoms with van der Waals surface area (Å²) < 4.78 is 10.6. The Morgan fingerprint density at radius 1 is 1.24 bits per heavy atom. The van der Waals surface area contributed by atoms with Gasteiger partial charge in [0.25, 0.3) is 0 Å². The van der Waals surface area contributed by atoms with Gasteiger partial charge in [0.2, 0.25) is 5.88 Å². The molecule has 0 bridgehead atoms. The highest BCUT2D eigenvalue weighted by molar-refractivity contribution is 5.08. The molecule has 0 saturated carbocycles. The van der Waals surface area contributed by atoms with Crippen LogP contribution >= 0.6 is 0 Å². The molecule has 17 heavy (non-hydrogen) atoms. The second-order valence-electron chi connectivity index (χ2n) is 3.57. The highest BCUT2D eigenvalue weighted by Crippen LogP contribution is 2.04. The van der Waals surface area contributed by atoms with Crippen molar-refractivity contribution in [2.24, 2.45) is 0 Å². The standard InChI is InChI=1S/C12H21N3O2/c1-3-5-13-8-11-9-14-10-12(15-11)17-7-6-16-4-2/h9-10,13H,3-8H2,1-2H3. The molecule has 0 aliphatic heterocycles. The molecule has 1 N–H and O–H groups in total. The summed E-state index contributed by atoms with van der Waals surface area (Å²) in [5, 5.41) is 3.27. The summed E-state index contributed by atoms with van der Waals surface area (Å²) in [6.45, 7) is 7.59. The summed E-state index contributed by atoms with van der Waals surface area (Å²) in [4.78, 5) is 8.43. The van der Waals surface area contributed by atoms with Crippen LogP contribution in [0.25, 0.3) is 0 Å². The molecule has 1 aromatic rings. The van der Waals surface area contributed by atoms with Crippen molar-refractivity contribution in [2.45, 2.75) is 26.8 Å². The molecule has 0 aliphatic rings. The van der Waals surface area contributed by atoms with Crippen LogP contribution in [0.1, 0.15) is 26.0 Å². The fourth-order valence-corrected chi connectivity index (χ4v) is 1.28. The smallest absolute Gasteiger partial charge is 0.232 e. The van der Waals surface area contributed by atoms with E-state index in [4.69, 9.17) is 9.47 Å². The monoisotopic (exact) mass is 239 g/mol. The minimum atomic E-state index is 0.508. The zero-order valence-electron chi connectivity index (χ0n) is 10.6. The molecule has 0 spiro atoms. The summed E-state index contributed by atoms with van der Waals surface area (Å²) in [5.74, 6) is 0.556. The number of rotatable bonds is 9. The molecule has 0 amide bonds. The van der Waals surface area contributed by atoms with Crippen molar-refractivity contribution in [3.8, 4) is 5.88 Å². The van der Waals surface area contributed by atoms with Crippen LogP contribution in [-0.4, -0.2) is 36.3 Å². The van der Waals surface area contributed by atoms with Crippen LogP contribution in [0, 0.1) is 0 Å². The van der Waals surface area contributed by atoms with Crippen LogP contribution in [0.3, 0.4) is 0 Å². The number of nitrogens with one attached hydrogen (secondary N) is 1. The lowest BCUT2D eigenvalue weighted by Gasteiger charge is -2.07. The Hall–Kier alpha value is -1.20. The Balaban J connectivity index is 2.31. The Bertz CT molecular complexity index is 308. The number of nitrogens with zero attached hydrogens (tertiary/aromatic N) is 2. The summed E-state index contributed by atoms with van der Waals surface area (Å²) in [5.41, 5.74) is 0.896. The molecule has 1 rings (SSSR count). The third-order valence-corrected chi connectivity index (χ3v) is 2.08. The number of hydrogen-bond donors (Lipinski definition) is 1. The van der Waals surface area contributed by atoms with Gasteiger partial charge in [-0.1, -0.05) is 6.92 Å². The van der Waals surface area contributed by atoms with Crippen LogP contribution in [0.4, 0.5) is 0 Å². The van der Waals surface area contributed by atoms with Gasteiger partial charge in [0.15, 0.2) is 0 Å². The molecule has 0 atom stereocenters. The first-order chi connectivity index (χ1) is 8.36. The van der Waals surface area contributed by atoms with Gasteiger partial charge < -0.3 is 14.8 Å². The second-order valence-corrected chi connectivity index (χ2v) is 3.57. The van der Waals surface area contributed by atoms with Crippen LogP contribution < -0.4 is 10.1 Å². The van der Waals surface area contributed by atoms with Crippen molar-refractivity contribution in [2.75, 3.05) is 26.4 Å². The maximum absolute atomic E-state index is 5.43. The van der Waals surface area contributed by atoms with Crippen molar-refractivity contribution in [1.82, 2.24) is 15.3 Å². The average Bonchev–Trinajstić information content (AvgIpc) is 2.36. The quantitative estimate of drug-likeness (QED) is 0.660. The fourth-order valence-electron chi connectivity index (χ4n) is 1.28. The van der Waals surface area contributed by atoms with Gasteiger partial charge in [0, 0.05) is 19.3 Å². The van der Waals surface area contributed by atoms with Gasteiger partial charge >= 0.3 is 0 Å². The van der Waals surface area contributed by atoms with E-state index >= 15 is 0 Å². The highest BCUT2D eigenvalue weighted by Gasteiger charge is 1.99. The summed E-state index contributed by atoms with van der Waals surface area (Å²) >= 11 is 0. The normalized spacial score (nSPS) is 10.5. The van der Waals surface area contributed by atoms with E-state index in [-0.39, 0.29) is 0 Å². The number of hydrogen-bond acceptors (Lipinski definition) is 5. The molecule has 0 fully saturated rings. The maximum Gasteiger partial charge on any atom is 0.232 e. The lowest BCUT2D eigenvalue weighted by atomic mass is 10.4. The summed E-state index contributed by atoms with van der Waals surface area (Å²) in [7, 11) is 0. The number of aromatic nitrogens is 2. The molecule has 0 unspecified atom stereocenters. The van der Waals surface area contributed by atoms with Crippen molar-refractivity contribution >= 4 is 0 Å². The first-order valence-corrected chi connectivity index (χ1v) is 6.09. The van der Waals surface area contributed by atoms with E-state index in [1.54, 1.807) is 12.4 Å². The Labute approximate surface area is 103 Å². The lowest BCUT2D eigenvalue weighted by Crippen LogP contribution is -2.15. The summed E-state index contributed by atoms with van der Waals surface area (Å²) in [6.07, 6.45) is 4.48. The first kappa shape index (κ1) is 13.9. The van der Waals surface area contributed by atoms with E-state index in [1.165, 1.54) is 0 Å². The Morgan fingerprint density at radius 3 is 2.88 bits per heavy atom. The molecule has 5 nitrogen and oxygen atoms in total. The Morgan fingerprint density at radius 2 is 2.12 bits per heavy atom. The van der Waals surface area contributed by atoms with Gasteiger partial charge in [0.05, 0.1) is 18.5 Å². The molecule has 0 aromatic carbocycles. The van der Waals surface area contributed by atoms with E-state index in [1.807, 2.05) is 6.92 Å². The van der Waals surface area contributed by atoms with E-state index in [9.17, 15) is 0 Å². The molecule has 0 radical (unpaired) electrons. The Kier molecular flexibility index (Phi) is 7.25. The van der Waals surface area contributed by atoms with Gasteiger partial charge in [-0.15, -0.1) is 0 Å². The predicted octanol–water partition coefficient (Wildman–Crippen LogP) is 1.39. The second kappa shape index (κ2) is 8.90. The fraction of sp³-hybridized carbons (Fsp3) is 0.667. The minimum absolute atomic E-state index is 0.508. The third-order valence-electron chi connectivity index (χ3n) is 2.08. The van der Waals surface area contributed by atoms with E-state index in [0.29, 0.717) is 25.7 Å². The molecule has 5 heteroatoms. The van der Waals surface area contributed by atoms with Crippen LogP contribution in [0.2, 0.25) is 0 Å². The molecule has 1 heterocycles. The average molecular weight is 239 g/mol. The third kappa shape index (κ3) is 6.19. The van der Waals surface area contributed by atoms with E-state index < -0.39 is 0 Å². The molecule has 0 saturated heterocycles. The highest BCUT2D eigenvalue weighted by atomic mass is 16.5. The molecular formula is C12H21N3O2. The van der Waals surface area contributed by atoms with Crippen LogP contribution in [0.15, 0.2) is 12.4 Å². The SMILES string of the molecule is CCCNCc1cncc(OCCOCC)n1. The van der Waals surface area contributed by atoms with Crippen molar-refractivity contribution in [3.63, 3.8) is 0 Å². The molecule has 96 valence electrons.